The predicted octanol–water partition coefficient (Wildman–Crippen LogP) is 3.39. The second-order valence-corrected chi connectivity index (χ2v) is 15.2. The highest BCUT2D eigenvalue weighted by molar-refractivity contribution is 5.90. The molecule has 0 aliphatic carbocycles. The molecule has 51 heavy (non-hydrogen) atoms. The molecule has 2 heterocycles. The largest absolute Gasteiger partial charge is 0.497 e. The van der Waals surface area contributed by atoms with Crippen LogP contribution in [0.25, 0.3) is 0 Å². The van der Waals surface area contributed by atoms with Gasteiger partial charge in [-0.05, 0) is 79.3 Å². The van der Waals surface area contributed by atoms with Gasteiger partial charge in [0, 0.05) is 30.9 Å². The van der Waals surface area contributed by atoms with Crippen LogP contribution in [0.1, 0.15) is 85.0 Å². The van der Waals surface area contributed by atoms with Gasteiger partial charge in [0.15, 0.2) is 6.29 Å². The number of carbonyl (C=O) groups excluding carboxylic acids is 3. The van der Waals surface area contributed by atoms with E-state index in [4.69, 9.17) is 28.4 Å². The fourth-order valence-corrected chi connectivity index (χ4v) is 7.72. The Bertz CT molecular complexity index is 1340. The zero-order chi connectivity index (χ0) is 38.6. The van der Waals surface area contributed by atoms with Crippen LogP contribution in [0, 0.1) is 23.7 Å². The van der Waals surface area contributed by atoms with E-state index in [1.807, 2.05) is 25.9 Å². The van der Waals surface area contributed by atoms with Gasteiger partial charge in [0.05, 0.1) is 42.5 Å². The van der Waals surface area contributed by atoms with Gasteiger partial charge in [-0.1, -0.05) is 33.8 Å². The fraction of sp³-hybridized carbons (Fsp3) is 0.763. The van der Waals surface area contributed by atoms with Crippen molar-refractivity contribution in [3.8, 4) is 5.75 Å². The molecule has 0 saturated carbocycles. The van der Waals surface area contributed by atoms with Crippen LogP contribution >= 0.6 is 0 Å². The monoisotopic (exact) mass is 723 g/mol. The van der Waals surface area contributed by atoms with E-state index in [0.29, 0.717) is 12.2 Å². The third-order valence-electron chi connectivity index (χ3n) is 11.0. The average Bonchev–Trinajstić information content (AvgIpc) is 3.10. The minimum atomic E-state index is -1.99. The van der Waals surface area contributed by atoms with Crippen LogP contribution in [-0.2, 0) is 33.3 Å². The summed E-state index contributed by atoms with van der Waals surface area (Å²) in [5.74, 6) is -5.20. The van der Waals surface area contributed by atoms with Crippen LogP contribution in [0.15, 0.2) is 24.3 Å². The Kier molecular flexibility index (Phi) is 14.6. The normalized spacial score (nSPS) is 40.3. The number of methoxy groups -OCH3 is 2. The molecule has 1 aromatic rings. The molecule has 2 fully saturated rings. The van der Waals surface area contributed by atoms with Crippen LogP contribution in [0.2, 0.25) is 0 Å². The number of ketones is 1. The number of aliphatic hydroxyl groups excluding tert-OH is 2. The van der Waals surface area contributed by atoms with Crippen LogP contribution in [0.5, 0.6) is 5.75 Å². The molecule has 1 unspecified atom stereocenters. The highest BCUT2D eigenvalue weighted by Crippen LogP contribution is 2.40. The number of ether oxygens (including phenoxy) is 6. The summed E-state index contributed by atoms with van der Waals surface area (Å²) < 4.78 is 36.4. The van der Waals surface area contributed by atoms with E-state index in [9.17, 15) is 29.7 Å². The van der Waals surface area contributed by atoms with Crippen molar-refractivity contribution < 1.29 is 58.1 Å². The molecule has 0 amide bonds. The first kappa shape index (κ1) is 42.8. The summed E-state index contributed by atoms with van der Waals surface area (Å²) in [5, 5.41) is 34.5. The van der Waals surface area contributed by atoms with E-state index in [2.05, 4.69) is 0 Å². The lowest BCUT2D eigenvalue weighted by atomic mass is 9.74. The molecule has 2 aliphatic rings. The molecule has 1 aromatic carbocycles. The molecule has 0 spiro atoms. The van der Waals surface area contributed by atoms with Crippen LogP contribution in [0.3, 0.4) is 0 Å². The van der Waals surface area contributed by atoms with Crippen LogP contribution in [-0.4, -0.2) is 126 Å². The first-order chi connectivity index (χ1) is 23.7. The molecule has 0 bridgehead atoms. The minimum Gasteiger partial charge on any atom is -0.497 e. The molecule has 3 rings (SSSR count). The molecule has 0 radical (unpaired) electrons. The molecular formula is C38H61NO12. The Morgan fingerprint density at radius 2 is 1.69 bits per heavy atom. The summed E-state index contributed by atoms with van der Waals surface area (Å²) in [5.41, 5.74) is -3.13. The molecule has 0 aromatic heterocycles. The SMILES string of the molecule is CC[C@H]1OC(=O)[C@H](C)[C@@H](OC(=O)c2cccc(OC)c2)[C@H](C)[C@@H](OC2O[C@H](C)C[C@H](N(C)C)[C@H]2O)[C@@](C)(OC)C[C@@H](C)C(=O)[C@H](C)[C@@H](O)[C@]1(C)O. The number of likely N-dealkylation sites (N-methyl/N-ethyl adjacent to an activating group) is 1. The number of rotatable bonds is 8. The summed E-state index contributed by atoms with van der Waals surface area (Å²) in [6.45, 7) is 13.2. The van der Waals surface area contributed by atoms with Gasteiger partial charge in [0.1, 0.15) is 35.4 Å². The van der Waals surface area contributed by atoms with Gasteiger partial charge < -0.3 is 48.6 Å². The number of Topliss-reactive ketones (excluding diaryl/α,β-unsaturated/α-hetero) is 1. The maximum Gasteiger partial charge on any atom is 0.338 e. The minimum absolute atomic E-state index is 0.0681. The first-order valence-electron chi connectivity index (χ1n) is 17.9. The van der Waals surface area contributed by atoms with E-state index in [-0.39, 0.29) is 36.3 Å². The van der Waals surface area contributed by atoms with Gasteiger partial charge >= 0.3 is 11.9 Å². The Hall–Kier alpha value is -2.65. The number of nitrogens with zero attached hydrogens (tertiary/aromatic N) is 1. The molecule has 13 nitrogen and oxygen atoms in total. The standard InChI is InChI=1S/C38H61NO12/c1-13-28-38(8,45)32(42)22(4)29(40)20(2)19-37(7,47-12)33(51-36-30(41)27(39(9)10)17-21(3)48-36)23(5)31(24(6)34(43)49-28)50-35(44)25-15-14-16-26(18-25)46-11/h14-16,18,20-24,27-28,30-33,36,41-42,45H,13,17,19H2,1-12H3/t20-,21-,22+,23+,24-,27+,28-,30-,31+,32-,33-,36?,37+,38-/m1/s1. The number of hydrogen-bond donors (Lipinski definition) is 3. The Balaban J connectivity index is 2.23. The van der Waals surface area contributed by atoms with Gasteiger partial charge in [-0.2, -0.15) is 0 Å². The first-order valence-corrected chi connectivity index (χ1v) is 17.9. The van der Waals surface area contributed by atoms with Crippen molar-refractivity contribution in [3.63, 3.8) is 0 Å². The van der Waals surface area contributed by atoms with Gasteiger partial charge in [-0.15, -0.1) is 0 Å². The van der Waals surface area contributed by atoms with Crippen LogP contribution in [0.4, 0.5) is 0 Å². The zero-order valence-electron chi connectivity index (χ0n) is 32.3. The lowest BCUT2D eigenvalue weighted by Gasteiger charge is -2.48. The van der Waals surface area contributed by atoms with Gasteiger partial charge in [-0.25, -0.2) is 4.79 Å². The number of hydrogen-bond acceptors (Lipinski definition) is 13. The van der Waals surface area contributed by atoms with E-state index in [0.717, 1.165) is 0 Å². The highest BCUT2D eigenvalue weighted by atomic mass is 16.7. The number of benzene rings is 1. The summed E-state index contributed by atoms with van der Waals surface area (Å²) in [7, 11) is 6.66. The third kappa shape index (κ3) is 9.48. The predicted molar refractivity (Wildman–Crippen MR) is 188 cm³/mol. The van der Waals surface area contributed by atoms with E-state index >= 15 is 0 Å². The molecule has 2 aliphatic heterocycles. The second-order valence-electron chi connectivity index (χ2n) is 15.2. The van der Waals surface area contributed by atoms with Crippen molar-refractivity contribution in [1.29, 1.82) is 0 Å². The molecule has 290 valence electrons. The Morgan fingerprint density at radius 3 is 2.25 bits per heavy atom. The number of cyclic esters (lactones) is 1. The maximum absolute atomic E-state index is 14.0. The van der Waals surface area contributed by atoms with E-state index in [1.54, 1.807) is 52.8 Å². The zero-order valence-corrected chi connectivity index (χ0v) is 32.3. The Labute approximate surface area is 302 Å². The van der Waals surface area contributed by atoms with Gasteiger partial charge in [-0.3, -0.25) is 9.59 Å². The maximum atomic E-state index is 14.0. The lowest BCUT2D eigenvalue weighted by molar-refractivity contribution is -0.301. The third-order valence-corrected chi connectivity index (χ3v) is 11.0. The summed E-state index contributed by atoms with van der Waals surface area (Å²) >= 11 is 0. The van der Waals surface area contributed by atoms with Gasteiger partial charge in [0.2, 0.25) is 0 Å². The fourth-order valence-electron chi connectivity index (χ4n) is 7.72. The van der Waals surface area contributed by atoms with Crippen molar-refractivity contribution in [2.75, 3.05) is 28.3 Å². The molecule has 3 N–H and O–H groups in total. The van der Waals surface area contributed by atoms with Gasteiger partial charge in [0.25, 0.3) is 0 Å². The van der Waals surface area contributed by atoms with Crippen molar-refractivity contribution >= 4 is 17.7 Å². The van der Waals surface area contributed by atoms with Crippen molar-refractivity contribution in [2.45, 2.75) is 135 Å². The van der Waals surface area contributed by atoms with Crippen molar-refractivity contribution in [3.05, 3.63) is 29.8 Å². The molecule has 2 saturated heterocycles. The van der Waals surface area contributed by atoms with E-state index in [1.165, 1.54) is 34.1 Å². The average molecular weight is 724 g/mol. The number of carbonyl (C=O) groups is 3. The van der Waals surface area contributed by atoms with E-state index < -0.39 is 83.6 Å². The summed E-state index contributed by atoms with van der Waals surface area (Å²) in [4.78, 5) is 43.6. The van der Waals surface area contributed by atoms with Crippen molar-refractivity contribution in [1.82, 2.24) is 4.90 Å². The molecule has 13 heteroatoms. The quantitative estimate of drug-likeness (QED) is 0.334. The number of aliphatic hydroxyl groups is 3. The molecule has 14 atom stereocenters. The summed E-state index contributed by atoms with van der Waals surface area (Å²) in [6.07, 6.45) is -6.83. The summed E-state index contributed by atoms with van der Waals surface area (Å²) in [6, 6.07) is 6.09. The second kappa shape index (κ2) is 17.5. The molecular weight excluding hydrogens is 662 g/mol. The van der Waals surface area contributed by atoms with Crippen molar-refractivity contribution in [2.24, 2.45) is 23.7 Å². The number of esters is 2. The smallest absolute Gasteiger partial charge is 0.338 e. The lowest BCUT2D eigenvalue weighted by Crippen LogP contribution is -2.60. The van der Waals surface area contributed by atoms with Crippen LogP contribution < -0.4 is 4.74 Å². The Morgan fingerprint density at radius 1 is 1.04 bits per heavy atom. The highest BCUT2D eigenvalue weighted by Gasteiger charge is 2.53. The topological polar surface area (TPSA) is 171 Å².